The van der Waals surface area contributed by atoms with Crippen LogP contribution in [0.15, 0.2) is 0 Å². The topological polar surface area (TPSA) is 26.0 Å². The molecule has 2 fully saturated rings. The fourth-order valence-electron chi connectivity index (χ4n) is 3.17. The SMILES string of the molecule is N[C@H]1CCC[C@@H]1C1CCCCC1. The largest absolute Gasteiger partial charge is 0.327 e. The predicted molar refractivity (Wildman–Crippen MR) is 51.9 cm³/mol. The van der Waals surface area contributed by atoms with Crippen molar-refractivity contribution in [1.29, 1.82) is 0 Å². The summed E-state index contributed by atoms with van der Waals surface area (Å²) in [5.41, 5.74) is 6.11. The quantitative estimate of drug-likeness (QED) is 0.638. The summed E-state index contributed by atoms with van der Waals surface area (Å²) in [5.74, 6) is 1.89. The molecule has 0 amide bonds. The van der Waals surface area contributed by atoms with E-state index in [1.807, 2.05) is 0 Å². The molecule has 2 aliphatic carbocycles. The number of nitrogens with two attached hydrogens (primary N) is 1. The first kappa shape index (κ1) is 8.55. The van der Waals surface area contributed by atoms with Gasteiger partial charge in [0.05, 0.1) is 0 Å². The van der Waals surface area contributed by atoms with Crippen molar-refractivity contribution >= 4 is 0 Å². The Kier molecular flexibility index (Phi) is 2.69. The van der Waals surface area contributed by atoms with Crippen LogP contribution in [0.1, 0.15) is 51.4 Å². The highest BCUT2D eigenvalue weighted by Crippen LogP contribution is 2.38. The Morgan fingerprint density at radius 1 is 0.750 bits per heavy atom. The van der Waals surface area contributed by atoms with Crippen LogP contribution in [0, 0.1) is 11.8 Å². The molecular weight excluding hydrogens is 146 g/mol. The Hall–Kier alpha value is -0.0400. The molecular formula is C11H21N. The van der Waals surface area contributed by atoms with Gasteiger partial charge < -0.3 is 5.73 Å². The summed E-state index contributed by atoms with van der Waals surface area (Å²) >= 11 is 0. The number of hydrogen-bond acceptors (Lipinski definition) is 1. The van der Waals surface area contributed by atoms with Crippen LogP contribution < -0.4 is 5.73 Å². The average Bonchev–Trinajstić information content (AvgIpc) is 2.53. The van der Waals surface area contributed by atoms with Gasteiger partial charge in [-0.3, -0.25) is 0 Å². The van der Waals surface area contributed by atoms with E-state index in [0.717, 1.165) is 11.8 Å². The van der Waals surface area contributed by atoms with Crippen LogP contribution in [-0.4, -0.2) is 6.04 Å². The Bertz CT molecular complexity index is 138. The molecule has 2 rings (SSSR count). The lowest BCUT2D eigenvalue weighted by Crippen LogP contribution is -2.31. The highest BCUT2D eigenvalue weighted by molar-refractivity contribution is 4.86. The molecule has 0 spiro atoms. The molecule has 1 nitrogen and oxygen atoms in total. The Balaban J connectivity index is 1.89. The molecule has 0 unspecified atom stereocenters. The zero-order valence-electron chi connectivity index (χ0n) is 7.97. The van der Waals surface area contributed by atoms with Crippen LogP contribution in [0.4, 0.5) is 0 Å². The molecule has 0 saturated heterocycles. The van der Waals surface area contributed by atoms with Gasteiger partial charge in [-0.2, -0.15) is 0 Å². The first-order valence-electron chi connectivity index (χ1n) is 5.63. The molecule has 2 saturated carbocycles. The van der Waals surface area contributed by atoms with Crippen LogP contribution in [0.2, 0.25) is 0 Å². The van der Waals surface area contributed by atoms with Gasteiger partial charge in [0.25, 0.3) is 0 Å². The van der Waals surface area contributed by atoms with E-state index in [1.54, 1.807) is 0 Å². The molecule has 0 aromatic carbocycles. The van der Waals surface area contributed by atoms with Crippen LogP contribution in [0.25, 0.3) is 0 Å². The van der Waals surface area contributed by atoms with E-state index in [4.69, 9.17) is 5.73 Å². The van der Waals surface area contributed by atoms with Crippen molar-refractivity contribution in [3.8, 4) is 0 Å². The lowest BCUT2D eigenvalue weighted by molar-refractivity contribution is 0.234. The summed E-state index contributed by atoms with van der Waals surface area (Å²) in [6, 6.07) is 0.549. The van der Waals surface area contributed by atoms with E-state index in [2.05, 4.69) is 0 Å². The van der Waals surface area contributed by atoms with E-state index >= 15 is 0 Å². The van der Waals surface area contributed by atoms with Crippen molar-refractivity contribution < 1.29 is 0 Å². The molecule has 0 aromatic rings. The van der Waals surface area contributed by atoms with E-state index < -0.39 is 0 Å². The zero-order valence-corrected chi connectivity index (χ0v) is 7.97. The van der Waals surface area contributed by atoms with Gasteiger partial charge in [0.2, 0.25) is 0 Å². The van der Waals surface area contributed by atoms with Crippen molar-refractivity contribution in [2.24, 2.45) is 17.6 Å². The minimum Gasteiger partial charge on any atom is -0.327 e. The van der Waals surface area contributed by atoms with Gasteiger partial charge >= 0.3 is 0 Å². The molecule has 0 aliphatic heterocycles. The second-order valence-electron chi connectivity index (χ2n) is 4.66. The van der Waals surface area contributed by atoms with Crippen LogP contribution >= 0.6 is 0 Å². The Morgan fingerprint density at radius 2 is 1.50 bits per heavy atom. The maximum Gasteiger partial charge on any atom is 0.00698 e. The van der Waals surface area contributed by atoms with Gasteiger partial charge in [-0.25, -0.2) is 0 Å². The fraction of sp³-hybridized carbons (Fsp3) is 1.00. The molecule has 2 atom stereocenters. The van der Waals surface area contributed by atoms with Gasteiger partial charge in [0, 0.05) is 6.04 Å². The third-order valence-corrected chi connectivity index (χ3v) is 3.88. The number of hydrogen-bond donors (Lipinski definition) is 1. The smallest absolute Gasteiger partial charge is 0.00698 e. The predicted octanol–water partition coefficient (Wildman–Crippen LogP) is 2.69. The second kappa shape index (κ2) is 3.78. The van der Waals surface area contributed by atoms with Gasteiger partial charge in [-0.05, 0) is 24.7 Å². The summed E-state index contributed by atoms with van der Waals surface area (Å²) < 4.78 is 0. The standard InChI is InChI=1S/C11H21N/c12-11-8-4-7-10(11)9-5-2-1-3-6-9/h9-11H,1-8,12H2/t10-,11+/m1/s1. The summed E-state index contributed by atoms with van der Waals surface area (Å²) in [5, 5.41) is 0. The van der Waals surface area contributed by atoms with Gasteiger partial charge in [-0.1, -0.05) is 38.5 Å². The highest BCUT2D eigenvalue weighted by Gasteiger charge is 2.31. The summed E-state index contributed by atoms with van der Waals surface area (Å²) in [4.78, 5) is 0. The lowest BCUT2D eigenvalue weighted by Gasteiger charge is -2.29. The Labute approximate surface area is 75.7 Å². The average molecular weight is 167 g/mol. The monoisotopic (exact) mass is 167 g/mol. The third-order valence-electron chi connectivity index (χ3n) is 3.88. The minimum absolute atomic E-state index is 0.549. The van der Waals surface area contributed by atoms with E-state index in [-0.39, 0.29) is 0 Å². The maximum absolute atomic E-state index is 6.11. The highest BCUT2D eigenvalue weighted by atomic mass is 14.7. The first-order chi connectivity index (χ1) is 5.88. The fourth-order valence-corrected chi connectivity index (χ4v) is 3.17. The normalized spacial score (nSPS) is 38.8. The Morgan fingerprint density at radius 3 is 2.08 bits per heavy atom. The lowest BCUT2D eigenvalue weighted by atomic mass is 9.78. The van der Waals surface area contributed by atoms with Crippen molar-refractivity contribution in [3.63, 3.8) is 0 Å². The molecule has 0 radical (unpaired) electrons. The molecule has 0 aromatic heterocycles. The maximum atomic E-state index is 6.11. The molecule has 2 N–H and O–H groups in total. The molecule has 1 heteroatoms. The first-order valence-corrected chi connectivity index (χ1v) is 5.63. The molecule has 0 bridgehead atoms. The number of rotatable bonds is 1. The molecule has 12 heavy (non-hydrogen) atoms. The van der Waals surface area contributed by atoms with Crippen LogP contribution in [0.3, 0.4) is 0 Å². The summed E-state index contributed by atoms with van der Waals surface area (Å²) in [6.45, 7) is 0. The summed E-state index contributed by atoms with van der Waals surface area (Å²) in [7, 11) is 0. The summed E-state index contributed by atoms with van der Waals surface area (Å²) in [6.07, 6.45) is 11.5. The van der Waals surface area contributed by atoms with E-state index in [9.17, 15) is 0 Å². The minimum atomic E-state index is 0.549. The van der Waals surface area contributed by atoms with Crippen molar-refractivity contribution in [2.45, 2.75) is 57.4 Å². The second-order valence-corrected chi connectivity index (χ2v) is 4.66. The third kappa shape index (κ3) is 1.66. The van der Waals surface area contributed by atoms with Crippen molar-refractivity contribution in [1.82, 2.24) is 0 Å². The van der Waals surface area contributed by atoms with Gasteiger partial charge in [-0.15, -0.1) is 0 Å². The van der Waals surface area contributed by atoms with Crippen molar-refractivity contribution in [2.75, 3.05) is 0 Å². The molecule has 70 valence electrons. The van der Waals surface area contributed by atoms with E-state index in [1.165, 1.54) is 51.4 Å². The molecule has 2 aliphatic rings. The van der Waals surface area contributed by atoms with Crippen molar-refractivity contribution in [3.05, 3.63) is 0 Å². The van der Waals surface area contributed by atoms with Gasteiger partial charge in [0.1, 0.15) is 0 Å². The van der Waals surface area contributed by atoms with Gasteiger partial charge in [0.15, 0.2) is 0 Å². The van der Waals surface area contributed by atoms with Crippen LogP contribution in [-0.2, 0) is 0 Å². The molecule has 0 heterocycles. The zero-order chi connectivity index (χ0) is 8.39. The van der Waals surface area contributed by atoms with Crippen LogP contribution in [0.5, 0.6) is 0 Å². The van der Waals surface area contributed by atoms with E-state index in [0.29, 0.717) is 6.04 Å².